The number of nitrogens with one attached hydrogen (secondary N) is 1. The number of benzene rings is 1. The Morgan fingerprint density at radius 1 is 0.967 bits per heavy atom. The summed E-state index contributed by atoms with van der Waals surface area (Å²) in [5.74, 6) is 1.32. The van der Waals surface area contributed by atoms with Crippen molar-refractivity contribution in [3.05, 3.63) is 48.0 Å². The van der Waals surface area contributed by atoms with Crippen molar-refractivity contribution in [3.63, 3.8) is 0 Å². The minimum absolute atomic E-state index is 0.0319. The maximum Gasteiger partial charge on any atom is 0.237 e. The molecule has 30 heavy (non-hydrogen) atoms. The van der Waals surface area contributed by atoms with Crippen LogP contribution in [0, 0.1) is 5.41 Å². The normalized spacial score (nSPS) is 27.3. The molecule has 3 heterocycles. The lowest BCUT2D eigenvalue weighted by molar-refractivity contribution is -0.125. The summed E-state index contributed by atoms with van der Waals surface area (Å²) in [5, 5.41) is 3.11. The third-order valence-electron chi connectivity index (χ3n) is 7.86. The largest absolute Gasteiger partial charge is 0.454 e. The fourth-order valence-corrected chi connectivity index (χ4v) is 5.67. The first-order valence-corrected chi connectivity index (χ1v) is 10.2. The number of aromatic nitrogens is 3. The molecule has 3 aliphatic rings. The Kier molecular flexibility index (Phi) is 3.22. The highest BCUT2D eigenvalue weighted by molar-refractivity contribution is 6.02. The van der Waals surface area contributed by atoms with Crippen molar-refractivity contribution in [2.75, 3.05) is 12.1 Å². The molecule has 1 saturated carbocycles. The van der Waals surface area contributed by atoms with Crippen molar-refractivity contribution in [1.82, 2.24) is 15.0 Å². The van der Waals surface area contributed by atoms with Gasteiger partial charge in [0.1, 0.15) is 0 Å². The maximum atomic E-state index is 13.8. The number of ether oxygens (including phenoxy) is 2. The van der Waals surface area contributed by atoms with Crippen LogP contribution in [0.5, 0.6) is 11.5 Å². The Hall–Kier alpha value is -3.22. The zero-order chi connectivity index (χ0) is 20.7. The van der Waals surface area contributed by atoms with Crippen LogP contribution in [0.1, 0.15) is 45.0 Å². The smallest absolute Gasteiger partial charge is 0.237 e. The van der Waals surface area contributed by atoms with Crippen molar-refractivity contribution in [2.45, 2.75) is 44.4 Å². The molecule has 1 amide bonds. The Morgan fingerprint density at radius 2 is 1.60 bits per heavy atom. The van der Waals surface area contributed by atoms with E-state index in [0.717, 1.165) is 41.0 Å². The van der Waals surface area contributed by atoms with E-state index in [2.05, 4.69) is 31.1 Å². The lowest BCUT2D eigenvalue weighted by atomic mass is 9.63. The van der Waals surface area contributed by atoms with Crippen LogP contribution in [0.4, 0.5) is 5.69 Å². The fourth-order valence-electron chi connectivity index (χ4n) is 5.67. The summed E-state index contributed by atoms with van der Waals surface area (Å²) in [5.41, 5.74) is 2.61. The lowest BCUT2D eigenvalue weighted by Gasteiger charge is -2.39. The van der Waals surface area contributed by atoms with Gasteiger partial charge in [-0.2, -0.15) is 0 Å². The number of carbonyl (C=O) groups is 1. The second-order valence-corrected chi connectivity index (χ2v) is 9.17. The number of anilines is 1. The molecular weight excluding hydrogens is 380 g/mol. The molecule has 0 saturated heterocycles. The number of rotatable bonds is 2. The average Bonchev–Trinajstić information content (AvgIpc) is 3.30. The first kappa shape index (κ1) is 17.6. The monoisotopic (exact) mass is 402 g/mol. The summed E-state index contributed by atoms with van der Waals surface area (Å²) in [6.07, 6.45) is 4.98. The molecule has 7 heteroatoms. The molecule has 1 N–H and O–H groups in total. The summed E-state index contributed by atoms with van der Waals surface area (Å²) in [6.45, 7) is 6.76. The molecule has 2 bridgehead atoms. The van der Waals surface area contributed by atoms with Crippen LogP contribution >= 0.6 is 0 Å². The van der Waals surface area contributed by atoms with Crippen LogP contribution in [-0.2, 0) is 15.6 Å². The van der Waals surface area contributed by atoms with Crippen molar-refractivity contribution < 1.29 is 14.3 Å². The van der Waals surface area contributed by atoms with Gasteiger partial charge in [-0.3, -0.25) is 9.78 Å². The van der Waals surface area contributed by atoms with Crippen molar-refractivity contribution in [1.29, 1.82) is 0 Å². The van der Waals surface area contributed by atoms with Crippen molar-refractivity contribution in [2.24, 2.45) is 5.41 Å². The van der Waals surface area contributed by atoms with Crippen molar-refractivity contribution in [3.8, 4) is 11.5 Å². The van der Waals surface area contributed by atoms with E-state index in [-0.39, 0.29) is 23.5 Å². The molecule has 1 aromatic carbocycles. The second-order valence-electron chi connectivity index (χ2n) is 9.17. The highest BCUT2D eigenvalue weighted by Crippen LogP contribution is 2.70. The molecule has 152 valence electrons. The predicted molar refractivity (Wildman–Crippen MR) is 111 cm³/mol. The number of pyridine rings is 1. The average molecular weight is 402 g/mol. The van der Waals surface area contributed by atoms with E-state index in [9.17, 15) is 4.79 Å². The van der Waals surface area contributed by atoms with Gasteiger partial charge in [-0.1, -0.05) is 20.8 Å². The van der Waals surface area contributed by atoms with E-state index < -0.39 is 5.41 Å². The summed E-state index contributed by atoms with van der Waals surface area (Å²) < 4.78 is 11.0. The van der Waals surface area contributed by atoms with Gasteiger partial charge in [0.2, 0.25) is 12.7 Å². The van der Waals surface area contributed by atoms with Gasteiger partial charge in [0.05, 0.1) is 27.8 Å². The number of amides is 1. The fraction of sp³-hybridized carbons (Fsp3) is 0.391. The SMILES string of the molecule is CC12CCC(C(=O)Nc3ccncc3)(c3nc4cc5c(cc4nc31)OCO5)C2(C)C. The van der Waals surface area contributed by atoms with E-state index in [1.165, 1.54) is 0 Å². The van der Waals surface area contributed by atoms with Gasteiger partial charge in [0, 0.05) is 35.6 Å². The van der Waals surface area contributed by atoms with Crippen LogP contribution in [0.25, 0.3) is 11.0 Å². The quantitative estimate of drug-likeness (QED) is 0.703. The summed E-state index contributed by atoms with van der Waals surface area (Å²) in [7, 11) is 0. The van der Waals surface area contributed by atoms with Crippen LogP contribution in [-0.4, -0.2) is 27.7 Å². The first-order chi connectivity index (χ1) is 14.4. The number of carbonyl (C=O) groups excluding carboxylic acids is 1. The number of nitrogens with zero attached hydrogens (tertiary/aromatic N) is 3. The van der Waals surface area contributed by atoms with Gasteiger partial charge in [0.25, 0.3) is 0 Å². The van der Waals surface area contributed by atoms with Gasteiger partial charge in [-0.25, -0.2) is 9.97 Å². The van der Waals surface area contributed by atoms with Gasteiger partial charge < -0.3 is 14.8 Å². The molecule has 0 radical (unpaired) electrons. The maximum absolute atomic E-state index is 13.8. The summed E-state index contributed by atoms with van der Waals surface area (Å²) >= 11 is 0. The van der Waals surface area contributed by atoms with Crippen LogP contribution in [0.2, 0.25) is 0 Å². The number of fused-ring (bicyclic) bond motifs is 7. The molecule has 3 aromatic rings. The predicted octanol–water partition coefficient (Wildman–Crippen LogP) is 3.72. The van der Waals surface area contributed by atoms with E-state index in [0.29, 0.717) is 11.5 Å². The lowest BCUT2D eigenvalue weighted by Crippen LogP contribution is -2.48. The molecule has 1 aliphatic heterocycles. The van der Waals surface area contributed by atoms with E-state index >= 15 is 0 Å². The van der Waals surface area contributed by atoms with Crippen LogP contribution in [0.3, 0.4) is 0 Å². The molecule has 0 spiro atoms. The minimum Gasteiger partial charge on any atom is -0.454 e. The molecule has 7 nitrogen and oxygen atoms in total. The molecule has 6 rings (SSSR count). The van der Waals surface area contributed by atoms with Gasteiger partial charge >= 0.3 is 0 Å². The van der Waals surface area contributed by atoms with Crippen LogP contribution < -0.4 is 14.8 Å². The molecule has 2 unspecified atom stereocenters. The topological polar surface area (TPSA) is 86.2 Å². The van der Waals surface area contributed by atoms with E-state index in [1.807, 2.05) is 12.1 Å². The Balaban J connectivity index is 1.56. The highest BCUT2D eigenvalue weighted by atomic mass is 16.7. The highest BCUT2D eigenvalue weighted by Gasteiger charge is 2.73. The zero-order valence-corrected chi connectivity index (χ0v) is 17.2. The second kappa shape index (κ2) is 5.47. The van der Waals surface area contributed by atoms with E-state index in [1.54, 1.807) is 24.5 Å². The summed E-state index contributed by atoms with van der Waals surface area (Å²) in [6, 6.07) is 7.36. The molecular formula is C23H22N4O3. The summed E-state index contributed by atoms with van der Waals surface area (Å²) in [4.78, 5) is 27.9. The number of hydrogen-bond acceptors (Lipinski definition) is 6. The van der Waals surface area contributed by atoms with Crippen molar-refractivity contribution >= 4 is 22.6 Å². The molecule has 2 atom stereocenters. The Labute approximate surface area is 173 Å². The first-order valence-electron chi connectivity index (χ1n) is 10.2. The molecule has 2 aliphatic carbocycles. The third kappa shape index (κ3) is 1.90. The van der Waals surface area contributed by atoms with Gasteiger partial charge in [-0.05, 0) is 30.4 Å². The Bertz CT molecular complexity index is 1230. The van der Waals surface area contributed by atoms with Crippen LogP contribution in [0.15, 0.2) is 36.7 Å². The molecule has 2 aromatic heterocycles. The third-order valence-corrected chi connectivity index (χ3v) is 7.86. The Morgan fingerprint density at radius 3 is 2.27 bits per heavy atom. The van der Waals surface area contributed by atoms with Gasteiger partial charge in [0.15, 0.2) is 11.5 Å². The molecule has 1 fully saturated rings. The zero-order valence-electron chi connectivity index (χ0n) is 17.2. The van der Waals surface area contributed by atoms with E-state index in [4.69, 9.17) is 19.4 Å². The standard InChI is InChI=1S/C23H22N4O3/c1-21(2)22(3)6-7-23(21,20(28)25-13-4-8-24-9-5-13)19-18(22)26-14-10-16-17(30-12-29-16)11-15(14)27-19/h4-5,8-11H,6-7,12H2,1-3H3,(H,24,25,28). The van der Waals surface area contributed by atoms with Gasteiger partial charge in [-0.15, -0.1) is 0 Å². The number of hydrogen-bond donors (Lipinski definition) is 1. The minimum atomic E-state index is -0.752.